The number of carbonyl (C=O) groups excluding carboxylic acids is 1. The quantitative estimate of drug-likeness (QED) is 0.228. The highest BCUT2D eigenvalue weighted by Crippen LogP contribution is 2.41. The van der Waals surface area contributed by atoms with Crippen molar-refractivity contribution >= 4 is 39.4 Å². The number of fused-ring (bicyclic) bond motifs is 2. The van der Waals surface area contributed by atoms with Crippen molar-refractivity contribution in [3.63, 3.8) is 0 Å². The maximum atomic E-state index is 13.0. The van der Waals surface area contributed by atoms with E-state index >= 15 is 0 Å². The molecule has 0 unspecified atom stereocenters. The molecule has 0 radical (unpaired) electrons. The smallest absolute Gasteiger partial charge is 0.546 e. The molecule has 0 spiro atoms. The fourth-order valence-electron chi connectivity index (χ4n) is 4.54. The van der Waals surface area contributed by atoms with Gasteiger partial charge in [-0.15, -0.1) is 13.2 Å². The molecular formula is C28H21ClF3N2O6-. The Labute approximate surface area is 230 Å². The Morgan fingerprint density at radius 1 is 1.10 bits per heavy atom. The number of hydrogen-bond acceptors (Lipinski definition) is 7. The van der Waals surface area contributed by atoms with E-state index in [1.807, 2.05) is 6.92 Å². The number of carboxylic acids is 1. The van der Waals surface area contributed by atoms with Gasteiger partial charge in [0.2, 0.25) is 0 Å². The molecule has 0 aliphatic rings. The lowest BCUT2D eigenvalue weighted by molar-refractivity contribution is -0.312. The SMILES string of the molecule is COc1ccc2c(-c3c(C)n(Cc4ccc(Cl)c(O[C@H](C)C(=O)[O-])c4)c4cc(OC(F)(F)F)ccc34)noc2c1. The van der Waals surface area contributed by atoms with Crippen molar-refractivity contribution in [2.75, 3.05) is 7.11 Å². The first-order chi connectivity index (χ1) is 18.9. The van der Waals surface area contributed by atoms with Crippen LogP contribution in [-0.4, -0.2) is 35.3 Å². The van der Waals surface area contributed by atoms with Crippen LogP contribution in [0.2, 0.25) is 5.02 Å². The van der Waals surface area contributed by atoms with Crippen molar-refractivity contribution in [3.8, 4) is 28.5 Å². The number of benzene rings is 3. The molecule has 5 aromatic rings. The van der Waals surface area contributed by atoms with Crippen LogP contribution in [0.25, 0.3) is 33.1 Å². The average Bonchev–Trinajstić information content (AvgIpc) is 3.42. The van der Waals surface area contributed by atoms with Gasteiger partial charge in [0.1, 0.15) is 29.0 Å². The Morgan fingerprint density at radius 3 is 2.52 bits per heavy atom. The van der Waals surface area contributed by atoms with Gasteiger partial charge in [0, 0.05) is 35.3 Å². The van der Waals surface area contributed by atoms with Crippen LogP contribution in [-0.2, 0) is 11.3 Å². The fourth-order valence-corrected chi connectivity index (χ4v) is 4.70. The summed E-state index contributed by atoms with van der Waals surface area (Å²) in [5.74, 6) is -1.09. The molecule has 208 valence electrons. The highest BCUT2D eigenvalue weighted by molar-refractivity contribution is 6.32. The zero-order valence-corrected chi connectivity index (χ0v) is 22.1. The maximum absolute atomic E-state index is 13.0. The summed E-state index contributed by atoms with van der Waals surface area (Å²) in [6.45, 7) is 3.30. The first-order valence-corrected chi connectivity index (χ1v) is 12.3. The van der Waals surface area contributed by atoms with Gasteiger partial charge in [0.15, 0.2) is 5.58 Å². The number of methoxy groups -OCH3 is 1. The molecule has 5 rings (SSSR count). The molecule has 0 bridgehead atoms. The zero-order valence-electron chi connectivity index (χ0n) is 21.3. The second-order valence-corrected chi connectivity index (χ2v) is 9.42. The van der Waals surface area contributed by atoms with Crippen molar-refractivity contribution in [2.24, 2.45) is 0 Å². The predicted octanol–water partition coefficient (Wildman–Crippen LogP) is 5.88. The topological polar surface area (TPSA) is 98.8 Å². The van der Waals surface area contributed by atoms with Crippen molar-refractivity contribution in [3.05, 3.63) is 70.9 Å². The molecule has 2 heterocycles. The minimum Gasteiger partial charge on any atom is -0.546 e. The second-order valence-electron chi connectivity index (χ2n) is 9.01. The molecule has 0 saturated carbocycles. The van der Waals surface area contributed by atoms with Crippen LogP contribution < -0.4 is 19.3 Å². The lowest BCUT2D eigenvalue weighted by Crippen LogP contribution is -2.37. The van der Waals surface area contributed by atoms with Crippen LogP contribution in [0.15, 0.2) is 59.1 Å². The number of aromatic nitrogens is 2. The molecule has 0 fully saturated rings. The van der Waals surface area contributed by atoms with Gasteiger partial charge < -0.3 is 33.2 Å². The molecule has 40 heavy (non-hydrogen) atoms. The van der Waals surface area contributed by atoms with E-state index in [0.29, 0.717) is 50.1 Å². The summed E-state index contributed by atoms with van der Waals surface area (Å²) >= 11 is 6.21. The third-order valence-electron chi connectivity index (χ3n) is 6.42. The van der Waals surface area contributed by atoms with Crippen LogP contribution >= 0.6 is 11.6 Å². The van der Waals surface area contributed by atoms with Crippen LogP contribution in [0.4, 0.5) is 13.2 Å². The maximum Gasteiger partial charge on any atom is 0.573 e. The molecule has 3 aromatic carbocycles. The van der Waals surface area contributed by atoms with E-state index in [9.17, 15) is 23.1 Å². The van der Waals surface area contributed by atoms with Crippen LogP contribution in [0, 0.1) is 6.92 Å². The lowest BCUT2D eigenvalue weighted by Gasteiger charge is -2.17. The number of alkyl halides is 3. The lowest BCUT2D eigenvalue weighted by atomic mass is 10.0. The fraction of sp³-hybridized carbons (Fsp3) is 0.214. The molecule has 0 aliphatic carbocycles. The Kier molecular flexibility index (Phi) is 7.01. The molecule has 2 aromatic heterocycles. The summed E-state index contributed by atoms with van der Waals surface area (Å²) in [6, 6.07) is 14.2. The Hall–Kier alpha value is -4.38. The summed E-state index contributed by atoms with van der Waals surface area (Å²) in [5, 5.41) is 16.9. The Morgan fingerprint density at radius 2 is 1.82 bits per heavy atom. The van der Waals surface area contributed by atoms with Crippen LogP contribution in [0.1, 0.15) is 18.2 Å². The average molecular weight is 574 g/mol. The van der Waals surface area contributed by atoms with E-state index in [0.717, 1.165) is 0 Å². The monoisotopic (exact) mass is 573 g/mol. The number of halogens is 4. The standard InChI is InChI=1S/C28H22ClF3N2O6/c1-14-25(26-20-8-5-17(37-3)12-23(20)40-33-26)19-7-6-18(39-28(30,31)32)11-22(19)34(14)13-16-4-9-21(29)24(10-16)38-15(2)27(35)36/h4-12,15H,13H2,1-3H3,(H,35,36)/p-1/t15-/m1/s1. The second kappa shape index (κ2) is 10.3. The summed E-state index contributed by atoms with van der Waals surface area (Å²) in [4.78, 5) is 11.2. The summed E-state index contributed by atoms with van der Waals surface area (Å²) in [5.41, 5.74) is 3.42. The number of carboxylic acid groups (broad SMARTS) is 1. The molecule has 8 nitrogen and oxygen atoms in total. The zero-order chi connectivity index (χ0) is 28.8. The number of carbonyl (C=O) groups is 1. The van der Waals surface area contributed by atoms with Crippen molar-refractivity contribution in [2.45, 2.75) is 32.9 Å². The van der Waals surface area contributed by atoms with Gasteiger partial charge in [-0.25, -0.2) is 0 Å². The highest BCUT2D eigenvalue weighted by atomic mass is 35.5. The highest BCUT2D eigenvalue weighted by Gasteiger charge is 2.31. The summed E-state index contributed by atoms with van der Waals surface area (Å²) < 4.78 is 61.4. The Balaban J connectivity index is 1.66. The molecule has 0 amide bonds. The largest absolute Gasteiger partial charge is 0.573 e. The van der Waals surface area contributed by atoms with Crippen molar-refractivity contribution < 1.29 is 41.8 Å². The normalized spacial score (nSPS) is 12.6. The van der Waals surface area contributed by atoms with Gasteiger partial charge in [-0.1, -0.05) is 22.8 Å². The number of ether oxygens (including phenoxy) is 3. The summed E-state index contributed by atoms with van der Waals surface area (Å²) in [6.07, 6.45) is -6.13. The van der Waals surface area contributed by atoms with E-state index in [4.69, 9.17) is 25.6 Å². The summed E-state index contributed by atoms with van der Waals surface area (Å²) in [7, 11) is 1.53. The van der Waals surface area contributed by atoms with Crippen molar-refractivity contribution in [1.29, 1.82) is 0 Å². The van der Waals surface area contributed by atoms with Crippen LogP contribution in [0.5, 0.6) is 17.2 Å². The third kappa shape index (κ3) is 5.24. The minimum absolute atomic E-state index is 0.128. The van der Waals surface area contributed by atoms with Gasteiger partial charge in [-0.05, 0) is 55.8 Å². The minimum atomic E-state index is -4.87. The van der Waals surface area contributed by atoms with Crippen molar-refractivity contribution in [1.82, 2.24) is 9.72 Å². The van der Waals surface area contributed by atoms with E-state index < -0.39 is 18.4 Å². The molecule has 1 atom stereocenters. The third-order valence-corrected chi connectivity index (χ3v) is 6.73. The number of rotatable bonds is 8. The molecule has 12 heteroatoms. The molecule has 0 saturated heterocycles. The van der Waals surface area contributed by atoms with Gasteiger partial charge in [-0.3, -0.25) is 0 Å². The van der Waals surface area contributed by atoms with Crippen LogP contribution in [0.3, 0.4) is 0 Å². The molecule has 0 N–H and O–H groups in total. The first kappa shape index (κ1) is 27.2. The number of aliphatic carboxylic acids is 1. The van der Waals surface area contributed by atoms with E-state index in [1.165, 1.54) is 32.2 Å². The van der Waals surface area contributed by atoms with Gasteiger partial charge in [0.25, 0.3) is 0 Å². The number of nitrogens with zero attached hydrogens (tertiary/aromatic N) is 2. The van der Waals surface area contributed by atoms with Gasteiger partial charge in [0.05, 0.1) is 29.0 Å². The molecular weight excluding hydrogens is 553 g/mol. The number of hydrogen-bond donors (Lipinski definition) is 0. The first-order valence-electron chi connectivity index (χ1n) is 11.9. The van der Waals surface area contributed by atoms with E-state index in [1.54, 1.807) is 41.0 Å². The van der Waals surface area contributed by atoms with E-state index in [-0.39, 0.29) is 23.1 Å². The molecule has 0 aliphatic heterocycles. The van der Waals surface area contributed by atoms with Gasteiger partial charge >= 0.3 is 6.36 Å². The predicted molar refractivity (Wildman–Crippen MR) is 139 cm³/mol. The Bertz CT molecular complexity index is 1740. The van der Waals surface area contributed by atoms with E-state index in [2.05, 4.69) is 9.89 Å². The van der Waals surface area contributed by atoms with Gasteiger partial charge in [-0.2, -0.15) is 0 Å².